The van der Waals surface area contributed by atoms with E-state index in [0.717, 1.165) is 5.69 Å². The molecule has 0 fully saturated rings. The fourth-order valence-corrected chi connectivity index (χ4v) is 2.35. The molecule has 2 aromatic carbocycles. The molecule has 1 heterocycles. The van der Waals surface area contributed by atoms with Gasteiger partial charge in [0.15, 0.2) is 17.2 Å². The van der Waals surface area contributed by atoms with E-state index in [1.165, 1.54) is 7.11 Å². The Morgan fingerprint density at radius 3 is 2.48 bits per heavy atom. The standard InChI is InChI=1S/C17H16N2O4/c1-21-14-9-8-12-13(19-20)10-15(23-16(12)17(14)22-2)18-11-6-4-3-5-7-11/h3-10,18,20H,1-2H3/b19-13+. The number of methoxy groups -OCH3 is 2. The Balaban J connectivity index is 2.21. The predicted molar refractivity (Wildman–Crippen MR) is 86.4 cm³/mol. The number of benzene rings is 2. The summed E-state index contributed by atoms with van der Waals surface area (Å²) >= 11 is 0. The molecule has 0 aliphatic heterocycles. The normalized spacial score (nSPS) is 11.5. The van der Waals surface area contributed by atoms with Gasteiger partial charge in [-0.2, -0.15) is 0 Å². The lowest BCUT2D eigenvalue weighted by Crippen LogP contribution is -2.06. The van der Waals surface area contributed by atoms with Crippen LogP contribution in [0.25, 0.3) is 11.0 Å². The lowest BCUT2D eigenvalue weighted by atomic mass is 10.2. The van der Waals surface area contributed by atoms with Crippen molar-refractivity contribution >= 4 is 22.5 Å². The van der Waals surface area contributed by atoms with Crippen LogP contribution in [0, 0.1) is 0 Å². The second-order valence-corrected chi connectivity index (χ2v) is 4.76. The average Bonchev–Trinajstić information content (AvgIpc) is 2.60. The van der Waals surface area contributed by atoms with Gasteiger partial charge in [-0.15, -0.1) is 0 Å². The first-order valence-electron chi connectivity index (χ1n) is 6.96. The molecule has 0 bridgehead atoms. The summed E-state index contributed by atoms with van der Waals surface area (Å²) in [6.45, 7) is 0. The Kier molecular flexibility index (Phi) is 4.05. The van der Waals surface area contributed by atoms with Crippen molar-refractivity contribution in [1.29, 1.82) is 0 Å². The number of ether oxygens (including phenoxy) is 2. The molecule has 0 unspecified atom stereocenters. The summed E-state index contributed by atoms with van der Waals surface area (Å²) in [5, 5.41) is 16.7. The first kappa shape index (κ1) is 14.8. The van der Waals surface area contributed by atoms with E-state index in [1.807, 2.05) is 30.3 Å². The maximum atomic E-state index is 9.30. The van der Waals surface area contributed by atoms with Gasteiger partial charge in [-0.25, -0.2) is 0 Å². The molecule has 0 spiro atoms. The number of anilines is 2. The molecule has 6 heteroatoms. The number of hydrogen-bond acceptors (Lipinski definition) is 6. The topological polar surface area (TPSA) is 76.2 Å². The lowest BCUT2D eigenvalue weighted by molar-refractivity contribution is 0.302. The molecule has 3 aromatic rings. The van der Waals surface area contributed by atoms with Crippen LogP contribution < -0.4 is 20.1 Å². The molecule has 0 aliphatic carbocycles. The van der Waals surface area contributed by atoms with Gasteiger partial charge in [0.2, 0.25) is 5.75 Å². The van der Waals surface area contributed by atoms with Crippen molar-refractivity contribution in [2.24, 2.45) is 5.16 Å². The minimum Gasteiger partial charge on any atom is -0.493 e. The Hall–Kier alpha value is -3.15. The second kappa shape index (κ2) is 6.31. The van der Waals surface area contributed by atoms with Gasteiger partial charge in [0, 0.05) is 11.8 Å². The monoisotopic (exact) mass is 312 g/mol. The van der Waals surface area contributed by atoms with Gasteiger partial charge in [-0.3, -0.25) is 0 Å². The van der Waals surface area contributed by atoms with Gasteiger partial charge in [0.05, 0.1) is 19.6 Å². The molecule has 0 aliphatic rings. The van der Waals surface area contributed by atoms with E-state index in [2.05, 4.69) is 10.5 Å². The van der Waals surface area contributed by atoms with E-state index >= 15 is 0 Å². The number of hydrogen-bond donors (Lipinski definition) is 2. The van der Waals surface area contributed by atoms with Gasteiger partial charge < -0.3 is 24.4 Å². The predicted octanol–water partition coefficient (Wildman–Crippen LogP) is 3.48. The molecular formula is C17H16N2O4. The molecule has 0 amide bonds. The van der Waals surface area contributed by atoms with E-state index in [-0.39, 0.29) is 0 Å². The van der Waals surface area contributed by atoms with Crippen LogP contribution in [0.2, 0.25) is 0 Å². The molecule has 6 nitrogen and oxygen atoms in total. The average molecular weight is 312 g/mol. The third kappa shape index (κ3) is 2.78. The third-order valence-corrected chi connectivity index (χ3v) is 3.40. The molecule has 1 aromatic heterocycles. The van der Waals surface area contributed by atoms with Crippen LogP contribution in [0.1, 0.15) is 0 Å². The number of nitrogens with one attached hydrogen (secondary N) is 1. The SMILES string of the molecule is COc1ccc2/c(=N/O)cc(Nc3ccccc3)oc2c1OC. The zero-order chi connectivity index (χ0) is 16.2. The second-order valence-electron chi connectivity index (χ2n) is 4.76. The molecular weight excluding hydrogens is 296 g/mol. The fraction of sp³-hybridized carbons (Fsp3) is 0.118. The number of para-hydroxylation sites is 1. The van der Waals surface area contributed by atoms with Crippen molar-refractivity contribution in [3.63, 3.8) is 0 Å². The van der Waals surface area contributed by atoms with Crippen LogP contribution in [-0.2, 0) is 0 Å². The molecule has 0 radical (unpaired) electrons. The smallest absolute Gasteiger partial charge is 0.204 e. The van der Waals surface area contributed by atoms with Crippen LogP contribution in [0.3, 0.4) is 0 Å². The van der Waals surface area contributed by atoms with E-state index in [0.29, 0.717) is 33.7 Å². The maximum absolute atomic E-state index is 9.30. The Labute approximate surface area is 132 Å². The van der Waals surface area contributed by atoms with Crippen molar-refractivity contribution < 1.29 is 19.1 Å². The number of fused-ring (bicyclic) bond motifs is 1. The largest absolute Gasteiger partial charge is 0.493 e. The van der Waals surface area contributed by atoms with Crippen LogP contribution >= 0.6 is 0 Å². The van der Waals surface area contributed by atoms with E-state index in [4.69, 9.17) is 13.9 Å². The van der Waals surface area contributed by atoms with Crippen LogP contribution in [0.4, 0.5) is 11.6 Å². The molecule has 0 saturated carbocycles. The Bertz CT molecular complexity index is 888. The zero-order valence-corrected chi connectivity index (χ0v) is 12.7. The third-order valence-electron chi connectivity index (χ3n) is 3.40. The highest BCUT2D eigenvalue weighted by atomic mass is 16.5. The molecule has 0 saturated heterocycles. The van der Waals surface area contributed by atoms with Gasteiger partial charge in [0.25, 0.3) is 0 Å². The van der Waals surface area contributed by atoms with Crippen molar-refractivity contribution in [3.05, 3.63) is 53.9 Å². The van der Waals surface area contributed by atoms with Crippen molar-refractivity contribution in [1.82, 2.24) is 0 Å². The summed E-state index contributed by atoms with van der Waals surface area (Å²) in [4.78, 5) is 0. The number of rotatable bonds is 4. The lowest BCUT2D eigenvalue weighted by Gasteiger charge is -2.12. The summed E-state index contributed by atoms with van der Waals surface area (Å²) in [5.74, 6) is 1.39. The first-order chi connectivity index (χ1) is 11.3. The van der Waals surface area contributed by atoms with Crippen molar-refractivity contribution in [3.8, 4) is 11.5 Å². The maximum Gasteiger partial charge on any atom is 0.204 e. The zero-order valence-electron chi connectivity index (χ0n) is 12.7. The van der Waals surface area contributed by atoms with Crippen molar-refractivity contribution in [2.45, 2.75) is 0 Å². The molecule has 118 valence electrons. The van der Waals surface area contributed by atoms with Crippen LogP contribution in [0.5, 0.6) is 11.5 Å². The minimum absolute atomic E-state index is 0.366. The van der Waals surface area contributed by atoms with Gasteiger partial charge >= 0.3 is 0 Å². The summed E-state index contributed by atoms with van der Waals surface area (Å²) in [6.07, 6.45) is 0. The Morgan fingerprint density at radius 1 is 1.04 bits per heavy atom. The van der Waals surface area contributed by atoms with Crippen molar-refractivity contribution in [2.75, 3.05) is 19.5 Å². The summed E-state index contributed by atoms with van der Waals surface area (Å²) in [5.41, 5.74) is 1.28. The van der Waals surface area contributed by atoms with Crippen LogP contribution in [0.15, 0.2) is 58.1 Å². The van der Waals surface area contributed by atoms with Gasteiger partial charge in [-0.1, -0.05) is 23.4 Å². The van der Waals surface area contributed by atoms with Crippen LogP contribution in [-0.4, -0.2) is 19.4 Å². The van der Waals surface area contributed by atoms with E-state index in [1.54, 1.807) is 25.3 Å². The summed E-state index contributed by atoms with van der Waals surface area (Å²) < 4.78 is 16.5. The molecule has 3 rings (SSSR count). The highest BCUT2D eigenvalue weighted by molar-refractivity contribution is 5.86. The quantitative estimate of drug-likeness (QED) is 0.570. The van der Waals surface area contributed by atoms with E-state index in [9.17, 15) is 5.21 Å². The van der Waals surface area contributed by atoms with Gasteiger partial charge in [-0.05, 0) is 24.3 Å². The highest BCUT2D eigenvalue weighted by Gasteiger charge is 2.14. The first-order valence-corrected chi connectivity index (χ1v) is 6.96. The fourth-order valence-electron chi connectivity index (χ4n) is 2.35. The van der Waals surface area contributed by atoms with E-state index < -0.39 is 0 Å². The molecule has 2 N–H and O–H groups in total. The number of nitrogens with zero attached hydrogens (tertiary/aromatic N) is 1. The van der Waals surface area contributed by atoms with Gasteiger partial charge in [0.1, 0.15) is 5.36 Å². The Morgan fingerprint density at radius 2 is 1.83 bits per heavy atom. The molecule has 0 atom stereocenters. The summed E-state index contributed by atoms with van der Waals surface area (Å²) in [7, 11) is 3.08. The minimum atomic E-state index is 0.366. The summed E-state index contributed by atoms with van der Waals surface area (Å²) in [6, 6.07) is 14.6. The molecule has 23 heavy (non-hydrogen) atoms. The highest BCUT2D eigenvalue weighted by Crippen LogP contribution is 2.35.